The summed E-state index contributed by atoms with van der Waals surface area (Å²) >= 11 is 12.0. The number of hydrogen-bond acceptors (Lipinski definition) is 2. The summed E-state index contributed by atoms with van der Waals surface area (Å²) in [6.45, 7) is 3.70. The molecule has 5 heteroatoms. The molecule has 0 aliphatic rings. The van der Waals surface area contributed by atoms with Crippen molar-refractivity contribution in [2.45, 2.75) is 13.8 Å². The molecule has 0 aliphatic carbocycles. The lowest BCUT2D eigenvalue weighted by atomic mass is 10.2. The van der Waals surface area contributed by atoms with Crippen LogP contribution in [-0.4, -0.2) is 10.9 Å². The van der Waals surface area contributed by atoms with Crippen molar-refractivity contribution in [3.63, 3.8) is 0 Å². The van der Waals surface area contributed by atoms with E-state index in [1.54, 1.807) is 18.2 Å². The Kier molecular flexibility index (Phi) is 4.08. The third kappa shape index (κ3) is 3.06. The standard InChI is InChI=1S/C14H12Cl2N2O/c1-9-6-10(2)18(13(19)7-9)17-8-11-4-3-5-12(15)14(11)16/h3-8H,1-2H3/b17-8+. The van der Waals surface area contributed by atoms with E-state index in [4.69, 9.17) is 23.2 Å². The van der Waals surface area contributed by atoms with Crippen LogP contribution in [0.4, 0.5) is 0 Å². The number of aromatic nitrogens is 1. The molecule has 19 heavy (non-hydrogen) atoms. The predicted octanol–water partition coefficient (Wildman–Crippen LogP) is 3.65. The predicted molar refractivity (Wildman–Crippen MR) is 79.6 cm³/mol. The largest absolute Gasteiger partial charge is 0.271 e. The molecule has 0 spiro atoms. The van der Waals surface area contributed by atoms with Crippen LogP contribution in [0.3, 0.4) is 0 Å². The van der Waals surface area contributed by atoms with Gasteiger partial charge in [-0.1, -0.05) is 35.3 Å². The minimum absolute atomic E-state index is 0.174. The van der Waals surface area contributed by atoms with Crippen LogP contribution < -0.4 is 5.56 Å². The van der Waals surface area contributed by atoms with Gasteiger partial charge in [0.15, 0.2) is 0 Å². The van der Waals surface area contributed by atoms with Crippen molar-refractivity contribution in [3.05, 3.63) is 67.6 Å². The fraction of sp³-hybridized carbons (Fsp3) is 0.143. The summed E-state index contributed by atoms with van der Waals surface area (Å²) < 4.78 is 1.32. The molecule has 2 rings (SSSR count). The Morgan fingerprint density at radius 3 is 2.63 bits per heavy atom. The maximum absolute atomic E-state index is 11.8. The first-order chi connectivity index (χ1) is 8.99. The van der Waals surface area contributed by atoms with E-state index in [9.17, 15) is 4.79 Å². The molecule has 0 aliphatic heterocycles. The minimum atomic E-state index is -0.174. The summed E-state index contributed by atoms with van der Waals surface area (Å²) in [6, 6.07) is 8.68. The van der Waals surface area contributed by atoms with Crippen LogP contribution in [0.1, 0.15) is 16.8 Å². The Morgan fingerprint density at radius 2 is 1.95 bits per heavy atom. The van der Waals surface area contributed by atoms with E-state index in [0.717, 1.165) is 11.3 Å². The van der Waals surface area contributed by atoms with Crippen LogP contribution in [0.2, 0.25) is 10.0 Å². The number of nitrogens with zero attached hydrogens (tertiary/aromatic N) is 2. The highest BCUT2D eigenvalue weighted by atomic mass is 35.5. The Bertz CT molecular complexity index is 705. The van der Waals surface area contributed by atoms with E-state index in [2.05, 4.69) is 5.10 Å². The lowest BCUT2D eigenvalue weighted by Crippen LogP contribution is -2.18. The van der Waals surface area contributed by atoms with Crippen molar-refractivity contribution in [1.29, 1.82) is 0 Å². The molecule has 98 valence electrons. The summed E-state index contributed by atoms with van der Waals surface area (Å²) in [5.74, 6) is 0. The van der Waals surface area contributed by atoms with Gasteiger partial charge in [0.2, 0.25) is 0 Å². The van der Waals surface area contributed by atoms with Crippen molar-refractivity contribution in [1.82, 2.24) is 4.68 Å². The Balaban J connectivity index is 2.44. The van der Waals surface area contributed by atoms with Gasteiger partial charge in [0.05, 0.1) is 16.3 Å². The molecule has 0 saturated carbocycles. The van der Waals surface area contributed by atoms with Gasteiger partial charge in [-0.15, -0.1) is 0 Å². The first-order valence-corrected chi connectivity index (χ1v) is 6.43. The maximum atomic E-state index is 11.8. The van der Waals surface area contributed by atoms with Gasteiger partial charge in [0, 0.05) is 17.3 Å². The molecule has 0 fully saturated rings. The van der Waals surface area contributed by atoms with Gasteiger partial charge in [-0.2, -0.15) is 5.10 Å². The van der Waals surface area contributed by atoms with Gasteiger partial charge in [-0.25, -0.2) is 4.68 Å². The third-order valence-electron chi connectivity index (χ3n) is 2.62. The highest BCUT2D eigenvalue weighted by Gasteiger charge is 2.03. The second-order valence-corrected chi connectivity index (χ2v) is 5.00. The Hall–Kier alpha value is -1.58. The number of pyridine rings is 1. The van der Waals surface area contributed by atoms with Crippen molar-refractivity contribution in [3.8, 4) is 0 Å². The van der Waals surface area contributed by atoms with Gasteiger partial charge in [-0.3, -0.25) is 4.79 Å². The molecule has 0 radical (unpaired) electrons. The summed E-state index contributed by atoms with van der Waals surface area (Å²) in [5, 5.41) is 5.03. The molecular weight excluding hydrogens is 283 g/mol. The number of halogens is 2. The second-order valence-electron chi connectivity index (χ2n) is 4.21. The van der Waals surface area contributed by atoms with E-state index in [0.29, 0.717) is 15.6 Å². The number of rotatable bonds is 2. The molecule has 0 amide bonds. The fourth-order valence-corrected chi connectivity index (χ4v) is 2.11. The van der Waals surface area contributed by atoms with Crippen molar-refractivity contribution in [2.75, 3.05) is 0 Å². The molecule has 0 bridgehead atoms. The quantitative estimate of drug-likeness (QED) is 0.779. The first-order valence-electron chi connectivity index (χ1n) is 5.67. The molecule has 1 aromatic heterocycles. The minimum Gasteiger partial charge on any atom is -0.267 e. The second kappa shape index (κ2) is 5.59. The molecular formula is C14H12Cl2N2O. The summed E-state index contributed by atoms with van der Waals surface area (Å²) in [6.07, 6.45) is 1.53. The van der Waals surface area contributed by atoms with Gasteiger partial charge in [-0.05, 0) is 31.5 Å². The smallest absolute Gasteiger partial charge is 0.267 e. The van der Waals surface area contributed by atoms with Gasteiger partial charge >= 0.3 is 0 Å². The molecule has 0 saturated heterocycles. The lowest BCUT2D eigenvalue weighted by Gasteiger charge is -2.04. The Morgan fingerprint density at radius 1 is 1.21 bits per heavy atom. The van der Waals surface area contributed by atoms with Gasteiger partial charge < -0.3 is 0 Å². The van der Waals surface area contributed by atoms with Crippen molar-refractivity contribution in [2.24, 2.45) is 5.10 Å². The molecule has 3 nitrogen and oxygen atoms in total. The maximum Gasteiger partial charge on any atom is 0.271 e. The first kappa shape index (κ1) is 13.8. The van der Waals surface area contributed by atoms with Crippen LogP contribution in [0.5, 0.6) is 0 Å². The van der Waals surface area contributed by atoms with Crippen LogP contribution >= 0.6 is 23.2 Å². The van der Waals surface area contributed by atoms with Crippen LogP contribution in [0, 0.1) is 13.8 Å². The van der Waals surface area contributed by atoms with Crippen LogP contribution in [0.15, 0.2) is 40.2 Å². The van der Waals surface area contributed by atoms with E-state index < -0.39 is 0 Å². The average Bonchev–Trinajstić information content (AvgIpc) is 2.33. The summed E-state index contributed by atoms with van der Waals surface area (Å²) in [7, 11) is 0. The molecule has 1 heterocycles. The Labute approximate surface area is 121 Å². The van der Waals surface area contributed by atoms with Crippen LogP contribution in [0.25, 0.3) is 0 Å². The monoisotopic (exact) mass is 294 g/mol. The van der Waals surface area contributed by atoms with E-state index in [1.807, 2.05) is 19.9 Å². The van der Waals surface area contributed by atoms with Crippen molar-refractivity contribution < 1.29 is 0 Å². The zero-order valence-corrected chi connectivity index (χ0v) is 12.0. The number of aryl methyl sites for hydroxylation is 2. The SMILES string of the molecule is Cc1cc(C)n(/N=C/c2cccc(Cl)c2Cl)c(=O)c1. The van der Waals surface area contributed by atoms with E-state index in [-0.39, 0.29) is 5.56 Å². The molecule has 2 aromatic rings. The van der Waals surface area contributed by atoms with Crippen LogP contribution in [-0.2, 0) is 0 Å². The van der Waals surface area contributed by atoms with Crippen molar-refractivity contribution >= 4 is 29.4 Å². The average molecular weight is 295 g/mol. The molecule has 0 unspecified atom stereocenters. The van der Waals surface area contributed by atoms with Gasteiger partial charge in [0.25, 0.3) is 5.56 Å². The zero-order valence-electron chi connectivity index (χ0n) is 10.5. The van der Waals surface area contributed by atoms with E-state index >= 15 is 0 Å². The molecule has 0 atom stereocenters. The normalized spacial score (nSPS) is 11.2. The number of benzene rings is 1. The van der Waals surface area contributed by atoms with E-state index in [1.165, 1.54) is 17.0 Å². The van der Waals surface area contributed by atoms with Gasteiger partial charge in [0.1, 0.15) is 0 Å². The highest BCUT2D eigenvalue weighted by molar-refractivity contribution is 6.43. The summed E-state index contributed by atoms with van der Waals surface area (Å²) in [5.41, 5.74) is 2.17. The lowest BCUT2D eigenvalue weighted by molar-refractivity contribution is 0.791. The highest BCUT2D eigenvalue weighted by Crippen LogP contribution is 2.24. The topological polar surface area (TPSA) is 34.4 Å². The fourth-order valence-electron chi connectivity index (χ4n) is 1.75. The molecule has 1 aromatic carbocycles. The summed E-state index contributed by atoms with van der Waals surface area (Å²) in [4.78, 5) is 11.8. The molecule has 0 N–H and O–H groups in total. The zero-order chi connectivity index (χ0) is 14.0. The third-order valence-corrected chi connectivity index (χ3v) is 3.46. The number of hydrogen-bond donors (Lipinski definition) is 0.